The summed E-state index contributed by atoms with van der Waals surface area (Å²) in [6.45, 7) is 5.31. The van der Waals surface area contributed by atoms with E-state index in [9.17, 15) is 14.0 Å². The van der Waals surface area contributed by atoms with Crippen LogP contribution in [0.2, 0.25) is 0 Å². The molecule has 0 saturated heterocycles. The number of Topliss-reactive ketones (excluding diaryl/α,β-unsaturated/α-hetero) is 1. The highest BCUT2D eigenvalue weighted by molar-refractivity contribution is 6.43. The molecule has 1 unspecified atom stereocenters. The van der Waals surface area contributed by atoms with E-state index < -0.39 is 5.41 Å². The molecule has 0 spiro atoms. The number of carbonyl (C=O) groups is 2. The van der Waals surface area contributed by atoms with E-state index in [0.717, 1.165) is 18.5 Å². The van der Waals surface area contributed by atoms with Gasteiger partial charge >= 0.3 is 0 Å². The summed E-state index contributed by atoms with van der Waals surface area (Å²) >= 11 is 0. The molecule has 1 amide bonds. The molecule has 0 fully saturated rings. The van der Waals surface area contributed by atoms with Crippen LogP contribution in [0.4, 0.5) is 10.1 Å². The van der Waals surface area contributed by atoms with Gasteiger partial charge in [0, 0.05) is 33.0 Å². The van der Waals surface area contributed by atoms with Crippen molar-refractivity contribution in [2.24, 2.45) is 5.10 Å². The summed E-state index contributed by atoms with van der Waals surface area (Å²) < 4.78 is 20.1. The number of ether oxygens (including phenoxy) is 1. The van der Waals surface area contributed by atoms with Gasteiger partial charge in [0.2, 0.25) is 5.91 Å². The zero-order valence-electron chi connectivity index (χ0n) is 18.9. The zero-order chi connectivity index (χ0) is 23.4. The minimum absolute atomic E-state index is 0.0535. The molecule has 2 atom stereocenters. The molecule has 2 N–H and O–H groups in total. The summed E-state index contributed by atoms with van der Waals surface area (Å²) in [6, 6.07) is 14.0. The van der Waals surface area contributed by atoms with Crippen molar-refractivity contribution in [3.05, 3.63) is 59.9 Å². The van der Waals surface area contributed by atoms with Gasteiger partial charge in [0.1, 0.15) is 35.6 Å². The van der Waals surface area contributed by atoms with E-state index in [-0.39, 0.29) is 23.5 Å². The Bertz CT molecular complexity index is 1060. The summed E-state index contributed by atoms with van der Waals surface area (Å²) in [5.74, 6) is 0.0213. The van der Waals surface area contributed by atoms with Crippen LogP contribution >= 0.6 is 0 Å². The summed E-state index contributed by atoms with van der Waals surface area (Å²) in [7, 11) is 0. The van der Waals surface area contributed by atoms with Crippen LogP contribution in [-0.2, 0) is 15.0 Å². The molecule has 0 saturated carbocycles. The highest BCUT2D eigenvalue weighted by Crippen LogP contribution is 2.48. The second-order valence-corrected chi connectivity index (χ2v) is 8.46. The number of hydrogen-bond acceptors (Lipinski definition) is 6. The van der Waals surface area contributed by atoms with Crippen molar-refractivity contribution in [3.63, 3.8) is 0 Å². The maximum atomic E-state index is 14.1. The van der Waals surface area contributed by atoms with Crippen LogP contribution in [0.3, 0.4) is 0 Å². The van der Waals surface area contributed by atoms with Crippen molar-refractivity contribution in [1.82, 2.24) is 10.6 Å². The van der Waals surface area contributed by atoms with E-state index in [1.807, 2.05) is 30.3 Å². The molecule has 33 heavy (non-hydrogen) atoms. The van der Waals surface area contributed by atoms with Crippen molar-refractivity contribution in [3.8, 4) is 5.75 Å². The highest BCUT2D eigenvalue weighted by Gasteiger charge is 2.55. The lowest BCUT2D eigenvalue weighted by Gasteiger charge is -2.41. The van der Waals surface area contributed by atoms with Crippen molar-refractivity contribution >= 4 is 23.1 Å². The van der Waals surface area contributed by atoms with Gasteiger partial charge in [0.25, 0.3) is 0 Å². The average molecular weight is 453 g/mol. The predicted octanol–water partition coefficient (Wildman–Crippen LogP) is 2.80. The molecule has 2 aromatic rings. The third-order valence-electron chi connectivity index (χ3n) is 6.28. The summed E-state index contributed by atoms with van der Waals surface area (Å²) in [5, 5.41) is 12.6. The maximum Gasteiger partial charge on any atom is 0.216 e. The lowest BCUT2D eigenvalue weighted by atomic mass is 9.67. The van der Waals surface area contributed by atoms with Gasteiger partial charge in [0.05, 0.1) is 5.41 Å². The third kappa shape index (κ3) is 4.48. The Labute approximate surface area is 193 Å². The molecule has 2 aromatic carbocycles. The van der Waals surface area contributed by atoms with Crippen molar-refractivity contribution in [2.75, 3.05) is 31.3 Å². The fraction of sp³-hybridized carbons (Fsp3) is 0.400. The summed E-state index contributed by atoms with van der Waals surface area (Å²) in [4.78, 5) is 23.9. The number of halogens is 1. The second-order valence-electron chi connectivity index (χ2n) is 8.46. The number of carbonyl (C=O) groups excluding carboxylic acids is 2. The fourth-order valence-corrected chi connectivity index (χ4v) is 4.85. The number of benzene rings is 2. The third-order valence-corrected chi connectivity index (χ3v) is 6.28. The lowest BCUT2D eigenvalue weighted by molar-refractivity contribution is -0.119. The normalized spacial score (nSPS) is 21.0. The summed E-state index contributed by atoms with van der Waals surface area (Å²) in [5.41, 5.74) is 1.32. The van der Waals surface area contributed by atoms with E-state index in [2.05, 4.69) is 10.6 Å². The smallest absolute Gasteiger partial charge is 0.216 e. The van der Waals surface area contributed by atoms with Crippen LogP contribution in [-0.4, -0.2) is 49.7 Å². The molecule has 2 heterocycles. The number of nitrogens with one attached hydrogen (secondary N) is 2. The van der Waals surface area contributed by atoms with E-state index in [4.69, 9.17) is 9.84 Å². The number of rotatable bonds is 9. The fourth-order valence-electron chi connectivity index (χ4n) is 4.85. The molecule has 7 nitrogen and oxygen atoms in total. The Morgan fingerprint density at radius 2 is 1.94 bits per heavy atom. The first-order chi connectivity index (χ1) is 15.9. The molecule has 0 radical (unpaired) electrons. The molecule has 8 heteroatoms. The highest BCUT2D eigenvalue weighted by atomic mass is 19.1. The largest absolute Gasteiger partial charge is 0.489 e. The van der Waals surface area contributed by atoms with Crippen LogP contribution in [0.15, 0.2) is 53.6 Å². The van der Waals surface area contributed by atoms with Crippen LogP contribution < -0.4 is 20.4 Å². The van der Waals surface area contributed by atoms with Crippen LogP contribution in [0.25, 0.3) is 0 Å². The summed E-state index contributed by atoms with van der Waals surface area (Å²) in [6.07, 6.45) is 1.44. The Hall–Kier alpha value is -3.26. The molecule has 2 aliphatic rings. The first-order valence-corrected chi connectivity index (χ1v) is 11.3. The second kappa shape index (κ2) is 9.70. The van der Waals surface area contributed by atoms with Crippen LogP contribution in [0.1, 0.15) is 32.3 Å². The number of amides is 1. The molecular formula is C25H29FN4O3. The minimum Gasteiger partial charge on any atom is -0.489 e. The monoisotopic (exact) mass is 452 g/mol. The predicted molar refractivity (Wildman–Crippen MR) is 125 cm³/mol. The molecule has 0 bridgehead atoms. The lowest BCUT2D eigenvalue weighted by Crippen LogP contribution is -2.54. The topological polar surface area (TPSA) is 83.0 Å². The molecule has 174 valence electrons. The number of fused-ring (bicyclic) bond motifs is 3. The quantitative estimate of drug-likeness (QED) is 0.572. The number of hydrazone groups is 1. The van der Waals surface area contributed by atoms with Gasteiger partial charge in [-0.1, -0.05) is 30.3 Å². The van der Waals surface area contributed by atoms with Gasteiger partial charge in [-0.2, -0.15) is 5.10 Å². The van der Waals surface area contributed by atoms with Gasteiger partial charge in [-0.3, -0.25) is 14.6 Å². The van der Waals surface area contributed by atoms with Gasteiger partial charge in [-0.05, 0) is 37.1 Å². The number of nitrogens with zero attached hydrogens (tertiary/aromatic N) is 2. The van der Waals surface area contributed by atoms with Crippen LogP contribution in [0.5, 0.6) is 5.75 Å². The average Bonchev–Trinajstić information content (AvgIpc) is 3.15. The molecule has 4 rings (SSSR count). The Balaban J connectivity index is 1.63. The van der Waals surface area contributed by atoms with Gasteiger partial charge < -0.3 is 15.4 Å². The van der Waals surface area contributed by atoms with E-state index in [1.165, 1.54) is 26.0 Å². The Morgan fingerprint density at radius 3 is 2.67 bits per heavy atom. The first-order valence-electron chi connectivity index (χ1n) is 11.3. The minimum atomic E-state index is -0.684. The Kier molecular flexibility index (Phi) is 6.74. The molecule has 2 aliphatic heterocycles. The first kappa shape index (κ1) is 22.9. The van der Waals surface area contributed by atoms with Crippen LogP contribution in [0, 0.1) is 5.82 Å². The number of ketones is 1. The van der Waals surface area contributed by atoms with Gasteiger partial charge in [0.15, 0.2) is 5.78 Å². The molecular weight excluding hydrogens is 423 g/mol. The van der Waals surface area contributed by atoms with Crippen molar-refractivity contribution in [1.29, 1.82) is 0 Å². The maximum absolute atomic E-state index is 14.1. The zero-order valence-corrected chi connectivity index (χ0v) is 18.9. The van der Waals surface area contributed by atoms with Gasteiger partial charge in [-0.25, -0.2) is 4.39 Å². The standard InChI is InChI=1S/C25H29FN4O3/c1-17(31)24-25(19-7-4-3-5-8-19,11-6-12-27-13-14-28-18(2)32)23-16-33-22-10-9-20(26)15-21(22)30(23)29-24/h3-5,7-10,15,23,27H,6,11-14,16H2,1-2H3,(H,28,32)/t23?,25-/m0/s1. The Morgan fingerprint density at radius 1 is 1.15 bits per heavy atom. The molecule has 0 aliphatic carbocycles. The van der Waals surface area contributed by atoms with E-state index in [0.29, 0.717) is 43.3 Å². The number of hydrogen-bond donors (Lipinski definition) is 2. The van der Waals surface area contributed by atoms with Gasteiger partial charge in [-0.15, -0.1) is 0 Å². The van der Waals surface area contributed by atoms with Crippen molar-refractivity contribution in [2.45, 2.75) is 38.1 Å². The van der Waals surface area contributed by atoms with E-state index in [1.54, 1.807) is 11.1 Å². The molecule has 0 aromatic heterocycles. The number of anilines is 1. The van der Waals surface area contributed by atoms with Crippen molar-refractivity contribution < 1.29 is 18.7 Å². The SMILES string of the molecule is CC(=O)NCCNCCC[C@@]1(c2ccccc2)C(C(C)=O)=NN2c3cc(F)ccc3OCC21. The van der Waals surface area contributed by atoms with E-state index >= 15 is 0 Å².